The van der Waals surface area contributed by atoms with Crippen molar-refractivity contribution in [3.63, 3.8) is 0 Å². The predicted molar refractivity (Wildman–Crippen MR) is 109 cm³/mol. The molecule has 2 aromatic rings. The molecule has 0 fully saturated rings. The Labute approximate surface area is 162 Å². The van der Waals surface area contributed by atoms with Crippen LogP contribution in [0.15, 0.2) is 60.7 Å². The molecular weight excluding hydrogens is 336 g/mol. The maximum atomic E-state index is 12.9. The second kappa shape index (κ2) is 10.5. The fraction of sp³-hybridized carbons (Fsp3) is 0.391. The van der Waals surface area contributed by atoms with E-state index in [4.69, 9.17) is 0 Å². The molecule has 0 unspecified atom stereocenters. The molecule has 2 aromatic carbocycles. The van der Waals surface area contributed by atoms with E-state index in [-0.39, 0.29) is 17.9 Å². The maximum absolute atomic E-state index is 12.9. The summed E-state index contributed by atoms with van der Waals surface area (Å²) in [4.78, 5) is 27.1. The molecule has 0 aliphatic carbocycles. The third kappa shape index (κ3) is 6.89. The van der Waals surface area contributed by atoms with Gasteiger partial charge in [-0.15, -0.1) is 0 Å². The molecule has 0 heterocycles. The number of nitrogens with one attached hydrogen (secondary N) is 1. The minimum atomic E-state index is -0.487. The van der Waals surface area contributed by atoms with Gasteiger partial charge in [0.15, 0.2) is 0 Å². The van der Waals surface area contributed by atoms with Gasteiger partial charge >= 0.3 is 0 Å². The van der Waals surface area contributed by atoms with Gasteiger partial charge in [0.2, 0.25) is 11.8 Å². The first-order chi connectivity index (χ1) is 13.0. The molecule has 0 aliphatic heterocycles. The highest BCUT2D eigenvalue weighted by Gasteiger charge is 2.25. The zero-order valence-electron chi connectivity index (χ0n) is 16.5. The Morgan fingerprint density at radius 1 is 0.852 bits per heavy atom. The van der Waals surface area contributed by atoms with Crippen LogP contribution in [0.25, 0.3) is 0 Å². The Morgan fingerprint density at radius 2 is 1.37 bits per heavy atom. The largest absolute Gasteiger partial charge is 0.352 e. The van der Waals surface area contributed by atoms with E-state index in [1.54, 1.807) is 4.90 Å². The Bertz CT molecular complexity index is 714. The van der Waals surface area contributed by atoms with Crippen LogP contribution in [-0.2, 0) is 22.4 Å². The lowest BCUT2D eigenvalue weighted by molar-refractivity contribution is -0.140. The van der Waals surface area contributed by atoms with Gasteiger partial charge in [-0.3, -0.25) is 9.59 Å². The minimum Gasteiger partial charge on any atom is -0.352 e. The van der Waals surface area contributed by atoms with Crippen LogP contribution in [0.1, 0.15) is 38.3 Å². The molecule has 0 radical (unpaired) electrons. The summed E-state index contributed by atoms with van der Waals surface area (Å²) in [6.07, 6.45) is 1.81. The van der Waals surface area contributed by atoms with Crippen molar-refractivity contribution in [2.75, 3.05) is 6.54 Å². The molecule has 4 heteroatoms. The van der Waals surface area contributed by atoms with E-state index in [1.807, 2.05) is 81.4 Å². The average Bonchev–Trinajstić information content (AvgIpc) is 2.67. The molecule has 4 nitrogen and oxygen atoms in total. The summed E-state index contributed by atoms with van der Waals surface area (Å²) < 4.78 is 0. The fourth-order valence-electron chi connectivity index (χ4n) is 3.01. The topological polar surface area (TPSA) is 49.4 Å². The molecule has 1 N–H and O–H groups in total. The molecule has 0 bridgehead atoms. The molecule has 144 valence electrons. The summed E-state index contributed by atoms with van der Waals surface area (Å²) in [6, 6.07) is 19.6. The SMILES string of the molecule is CC(C)NC(=O)[C@@H](C)N(CCc1ccccc1)C(=O)CCc1ccccc1. The van der Waals surface area contributed by atoms with Crippen molar-refractivity contribution in [3.05, 3.63) is 71.8 Å². The highest BCUT2D eigenvalue weighted by Crippen LogP contribution is 2.10. The Morgan fingerprint density at radius 3 is 1.89 bits per heavy atom. The van der Waals surface area contributed by atoms with Gasteiger partial charge in [-0.1, -0.05) is 60.7 Å². The predicted octanol–water partition coefficient (Wildman–Crippen LogP) is 3.60. The quantitative estimate of drug-likeness (QED) is 0.737. The van der Waals surface area contributed by atoms with Gasteiger partial charge in [-0.05, 0) is 44.7 Å². The molecule has 0 saturated carbocycles. The van der Waals surface area contributed by atoms with Crippen LogP contribution >= 0.6 is 0 Å². The molecule has 27 heavy (non-hydrogen) atoms. The van der Waals surface area contributed by atoms with Gasteiger partial charge in [-0.2, -0.15) is 0 Å². The van der Waals surface area contributed by atoms with Gasteiger partial charge in [0.25, 0.3) is 0 Å². The molecule has 0 saturated heterocycles. The highest BCUT2D eigenvalue weighted by atomic mass is 16.2. The summed E-state index contributed by atoms with van der Waals surface area (Å²) in [5.41, 5.74) is 2.29. The third-order valence-electron chi connectivity index (χ3n) is 4.55. The first-order valence-corrected chi connectivity index (χ1v) is 9.65. The summed E-state index contributed by atoms with van der Waals surface area (Å²) >= 11 is 0. The van der Waals surface area contributed by atoms with E-state index >= 15 is 0 Å². The molecule has 0 aliphatic rings. The zero-order valence-corrected chi connectivity index (χ0v) is 16.5. The van der Waals surface area contributed by atoms with Crippen LogP contribution in [0.3, 0.4) is 0 Å². The smallest absolute Gasteiger partial charge is 0.242 e. The summed E-state index contributed by atoms with van der Waals surface area (Å²) in [6.45, 7) is 6.19. The molecule has 1 atom stereocenters. The number of rotatable bonds is 9. The van der Waals surface area contributed by atoms with Crippen molar-refractivity contribution < 1.29 is 9.59 Å². The van der Waals surface area contributed by atoms with Gasteiger partial charge < -0.3 is 10.2 Å². The zero-order chi connectivity index (χ0) is 19.6. The van der Waals surface area contributed by atoms with Crippen molar-refractivity contribution in [1.29, 1.82) is 0 Å². The fourth-order valence-corrected chi connectivity index (χ4v) is 3.01. The summed E-state index contributed by atoms with van der Waals surface area (Å²) in [5.74, 6) is -0.0905. The normalized spacial score (nSPS) is 11.9. The number of hydrogen-bond donors (Lipinski definition) is 1. The van der Waals surface area contributed by atoms with Crippen molar-refractivity contribution in [3.8, 4) is 0 Å². The van der Waals surface area contributed by atoms with Gasteiger partial charge in [0.05, 0.1) is 0 Å². The molecule has 2 amide bonds. The van der Waals surface area contributed by atoms with Crippen molar-refractivity contribution in [2.45, 2.75) is 52.1 Å². The first-order valence-electron chi connectivity index (χ1n) is 9.65. The Balaban J connectivity index is 2.04. The maximum Gasteiger partial charge on any atom is 0.242 e. The van der Waals surface area contributed by atoms with Gasteiger partial charge in [-0.25, -0.2) is 0 Å². The molecule has 0 aromatic heterocycles. The van der Waals surface area contributed by atoms with E-state index in [0.717, 1.165) is 17.5 Å². The van der Waals surface area contributed by atoms with E-state index in [2.05, 4.69) is 5.32 Å². The van der Waals surface area contributed by atoms with Crippen LogP contribution in [0, 0.1) is 0 Å². The Hall–Kier alpha value is -2.62. The van der Waals surface area contributed by atoms with Crippen LogP contribution in [0.4, 0.5) is 0 Å². The van der Waals surface area contributed by atoms with Crippen molar-refractivity contribution in [2.24, 2.45) is 0 Å². The molecular formula is C23H30N2O2. The highest BCUT2D eigenvalue weighted by molar-refractivity contribution is 5.87. The average molecular weight is 367 g/mol. The number of hydrogen-bond acceptors (Lipinski definition) is 2. The van der Waals surface area contributed by atoms with E-state index in [0.29, 0.717) is 19.4 Å². The first kappa shape index (κ1) is 20.7. The third-order valence-corrected chi connectivity index (χ3v) is 4.55. The minimum absolute atomic E-state index is 0.0150. The second-order valence-electron chi connectivity index (χ2n) is 7.15. The standard InChI is InChI=1S/C23H30N2O2/c1-18(2)24-23(27)19(3)25(17-16-21-12-8-5-9-13-21)22(26)15-14-20-10-6-4-7-11-20/h4-13,18-19H,14-17H2,1-3H3,(H,24,27)/t19-/m1/s1. The number of carbonyl (C=O) groups is 2. The number of carbonyl (C=O) groups excluding carboxylic acids is 2. The summed E-state index contributed by atoms with van der Waals surface area (Å²) in [5, 5.41) is 2.92. The van der Waals surface area contributed by atoms with Crippen LogP contribution < -0.4 is 5.32 Å². The lowest BCUT2D eigenvalue weighted by atomic mass is 10.1. The molecule has 0 spiro atoms. The second-order valence-corrected chi connectivity index (χ2v) is 7.15. The van der Waals surface area contributed by atoms with E-state index in [1.165, 1.54) is 0 Å². The lowest BCUT2D eigenvalue weighted by Gasteiger charge is -2.29. The van der Waals surface area contributed by atoms with Crippen LogP contribution in [-0.4, -0.2) is 35.3 Å². The van der Waals surface area contributed by atoms with E-state index in [9.17, 15) is 9.59 Å². The van der Waals surface area contributed by atoms with Gasteiger partial charge in [0, 0.05) is 19.0 Å². The van der Waals surface area contributed by atoms with Crippen molar-refractivity contribution in [1.82, 2.24) is 10.2 Å². The van der Waals surface area contributed by atoms with Crippen LogP contribution in [0.2, 0.25) is 0 Å². The van der Waals surface area contributed by atoms with Gasteiger partial charge in [0.1, 0.15) is 6.04 Å². The van der Waals surface area contributed by atoms with E-state index < -0.39 is 6.04 Å². The molecule has 2 rings (SSSR count). The number of nitrogens with zero attached hydrogens (tertiary/aromatic N) is 1. The summed E-state index contributed by atoms with van der Waals surface area (Å²) in [7, 11) is 0. The number of benzene rings is 2. The van der Waals surface area contributed by atoms with Crippen molar-refractivity contribution >= 4 is 11.8 Å². The monoisotopic (exact) mass is 366 g/mol. The number of aryl methyl sites for hydroxylation is 1. The Kier molecular flexibility index (Phi) is 8.05. The van der Waals surface area contributed by atoms with Crippen LogP contribution in [0.5, 0.6) is 0 Å². The lowest BCUT2D eigenvalue weighted by Crippen LogP contribution is -2.50. The number of amides is 2.